The highest BCUT2D eigenvalue weighted by molar-refractivity contribution is 5.98. The van der Waals surface area contributed by atoms with Crippen LogP contribution in [0.4, 0.5) is 0 Å². The first-order chi connectivity index (χ1) is 7.93. The van der Waals surface area contributed by atoms with Gasteiger partial charge in [-0.2, -0.15) is 0 Å². The Balaban J connectivity index is 2.05. The molecule has 0 aromatic carbocycles. The third-order valence-corrected chi connectivity index (χ3v) is 3.35. The smallest absolute Gasteiger partial charge is 0.308 e. The van der Waals surface area contributed by atoms with Gasteiger partial charge in [0.1, 0.15) is 0 Å². The molecule has 0 spiro atoms. The highest BCUT2D eigenvalue weighted by Crippen LogP contribution is 2.48. The zero-order chi connectivity index (χ0) is 12.7. The summed E-state index contributed by atoms with van der Waals surface area (Å²) in [5.41, 5.74) is 0. The van der Waals surface area contributed by atoms with Crippen molar-refractivity contribution in [3.8, 4) is 0 Å². The lowest BCUT2D eigenvalue weighted by atomic mass is 10.3. The number of rotatable bonds is 3. The molecule has 94 valence electrons. The summed E-state index contributed by atoms with van der Waals surface area (Å²) < 4.78 is 0. The van der Waals surface area contributed by atoms with Gasteiger partial charge in [-0.15, -0.1) is 0 Å². The van der Waals surface area contributed by atoms with Crippen LogP contribution in [0.15, 0.2) is 0 Å². The number of amides is 1. The van der Waals surface area contributed by atoms with Crippen LogP contribution >= 0.6 is 0 Å². The molecule has 0 radical (unpaired) electrons. The monoisotopic (exact) mass is 243 g/mol. The fourth-order valence-corrected chi connectivity index (χ4v) is 2.39. The van der Waals surface area contributed by atoms with Crippen molar-refractivity contribution in [2.24, 2.45) is 17.8 Å². The number of hydrogen-bond acceptors (Lipinski definition) is 4. The maximum Gasteiger partial charge on any atom is 0.308 e. The number of carbonyl (C=O) groups excluding carboxylic acids is 1. The van der Waals surface area contributed by atoms with Crippen LogP contribution in [0.3, 0.4) is 0 Å². The zero-order valence-corrected chi connectivity index (χ0v) is 8.94. The van der Waals surface area contributed by atoms with Crippen LogP contribution in [0, 0.1) is 17.8 Å². The number of carboxylic acid groups (broad SMARTS) is 2. The first-order valence-electron chi connectivity index (χ1n) is 5.36. The summed E-state index contributed by atoms with van der Waals surface area (Å²) in [4.78, 5) is 34.8. The number of aliphatic carboxylic acids is 2. The van der Waals surface area contributed by atoms with Crippen LogP contribution in [0.1, 0.15) is 6.42 Å². The fraction of sp³-hybridized carbons (Fsp3) is 0.700. The highest BCUT2D eigenvalue weighted by Gasteiger charge is 2.64. The molecule has 0 bridgehead atoms. The van der Waals surface area contributed by atoms with Crippen LogP contribution in [0.5, 0.6) is 0 Å². The molecule has 2 fully saturated rings. The zero-order valence-electron chi connectivity index (χ0n) is 8.94. The SMILES string of the molecule is O=C(O)[C@@H]1C(C(=O)N2CC[C@H](O)C2)[C@@H]1C(=O)O. The summed E-state index contributed by atoms with van der Waals surface area (Å²) in [5, 5.41) is 26.9. The normalized spacial score (nSPS) is 35.7. The summed E-state index contributed by atoms with van der Waals surface area (Å²) in [6.07, 6.45) is -0.141. The Bertz CT molecular complexity index is 361. The van der Waals surface area contributed by atoms with Crippen LogP contribution < -0.4 is 0 Å². The molecule has 1 aliphatic heterocycles. The predicted octanol–water partition coefficient (Wildman–Crippen LogP) is -1.39. The van der Waals surface area contributed by atoms with Crippen LogP contribution in [0.2, 0.25) is 0 Å². The number of aliphatic hydroxyl groups excluding tert-OH is 1. The maximum absolute atomic E-state index is 11.9. The summed E-state index contributed by atoms with van der Waals surface area (Å²) in [5.74, 6) is -6.21. The average Bonchev–Trinajstić information content (AvgIpc) is 2.86. The second kappa shape index (κ2) is 3.99. The summed E-state index contributed by atoms with van der Waals surface area (Å²) in [7, 11) is 0. The molecular formula is C10H13NO6. The number of hydrogen-bond donors (Lipinski definition) is 3. The molecule has 1 amide bonds. The van der Waals surface area contributed by atoms with Gasteiger partial charge in [0.25, 0.3) is 0 Å². The van der Waals surface area contributed by atoms with Crippen molar-refractivity contribution < 1.29 is 29.7 Å². The lowest BCUT2D eigenvalue weighted by Gasteiger charge is -2.14. The van der Waals surface area contributed by atoms with Gasteiger partial charge in [-0.3, -0.25) is 14.4 Å². The van der Waals surface area contributed by atoms with Crippen LogP contribution in [-0.4, -0.2) is 57.3 Å². The minimum atomic E-state index is -1.25. The van der Waals surface area contributed by atoms with E-state index in [1.165, 1.54) is 4.90 Å². The number of β-amino-alcohol motifs (C(OH)–C–C–N with tert-alkyl or cyclic N) is 1. The van der Waals surface area contributed by atoms with Gasteiger partial charge < -0.3 is 20.2 Å². The molecule has 2 aliphatic rings. The molecule has 1 heterocycles. The van der Waals surface area contributed by atoms with Gasteiger partial charge in [0.05, 0.1) is 23.9 Å². The molecule has 7 heteroatoms. The van der Waals surface area contributed by atoms with Gasteiger partial charge in [0, 0.05) is 13.1 Å². The number of nitrogens with zero attached hydrogens (tertiary/aromatic N) is 1. The first kappa shape index (κ1) is 11.8. The number of carbonyl (C=O) groups is 3. The Morgan fingerprint density at radius 1 is 1.00 bits per heavy atom. The second-order valence-electron chi connectivity index (χ2n) is 4.48. The second-order valence-corrected chi connectivity index (χ2v) is 4.48. The van der Waals surface area contributed by atoms with Crippen LogP contribution in [-0.2, 0) is 14.4 Å². The van der Waals surface area contributed by atoms with Gasteiger partial charge in [-0.25, -0.2) is 0 Å². The molecule has 1 saturated carbocycles. The minimum absolute atomic E-state index is 0.161. The molecule has 1 saturated heterocycles. The van der Waals surface area contributed by atoms with Gasteiger partial charge >= 0.3 is 11.9 Å². The Kier molecular flexibility index (Phi) is 2.78. The van der Waals surface area contributed by atoms with Gasteiger partial charge in [0.15, 0.2) is 0 Å². The quantitative estimate of drug-likeness (QED) is 0.562. The third-order valence-electron chi connectivity index (χ3n) is 3.35. The topological polar surface area (TPSA) is 115 Å². The lowest BCUT2D eigenvalue weighted by molar-refractivity contribution is -0.144. The van der Waals surface area contributed by atoms with E-state index in [1.54, 1.807) is 0 Å². The molecule has 17 heavy (non-hydrogen) atoms. The Morgan fingerprint density at radius 3 is 1.88 bits per heavy atom. The van der Waals surface area contributed by atoms with Crippen molar-refractivity contribution in [2.45, 2.75) is 12.5 Å². The van der Waals surface area contributed by atoms with E-state index in [4.69, 9.17) is 10.2 Å². The van der Waals surface area contributed by atoms with Gasteiger partial charge in [0.2, 0.25) is 5.91 Å². The Hall–Kier alpha value is -1.63. The van der Waals surface area contributed by atoms with Crippen molar-refractivity contribution in [1.82, 2.24) is 4.90 Å². The predicted molar refractivity (Wildman–Crippen MR) is 52.9 cm³/mol. The minimum Gasteiger partial charge on any atom is -0.481 e. The van der Waals surface area contributed by atoms with E-state index in [9.17, 15) is 19.5 Å². The average molecular weight is 243 g/mol. The maximum atomic E-state index is 11.9. The van der Waals surface area contributed by atoms with E-state index in [0.717, 1.165) is 0 Å². The Labute approximate surface area is 96.6 Å². The van der Waals surface area contributed by atoms with E-state index in [1.807, 2.05) is 0 Å². The van der Waals surface area contributed by atoms with Crippen molar-refractivity contribution in [3.05, 3.63) is 0 Å². The van der Waals surface area contributed by atoms with Crippen molar-refractivity contribution in [3.63, 3.8) is 0 Å². The Morgan fingerprint density at radius 2 is 1.53 bits per heavy atom. The van der Waals surface area contributed by atoms with Crippen LogP contribution in [0.25, 0.3) is 0 Å². The van der Waals surface area contributed by atoms with Gasteiger partial charge in [-0.1, -0.05) is 0 Å². The standard InChI is InChI=1S/C10H13NO6/c12-4-1-2-11(3-4)8(13)5-6(9(14)15)7(5)10(16)17/h4-7,12H,1-3H2,(H,14,15)(H,16,17)/t4-,5?,6-,7+/m0/s1. The van der Waals surface area contributed by atoms with Crippen molar-refractivity contribution >= 4 is 17.8 Å². The molecule has 0 aromatic rings. The summed E-state index contributed by atoms with van der Waals surface area (Å²) in [6, 6.07) is 0. The molecule has 1 aliphatic carbocycles. The molecule has 3 N–H and O–H groups in total. The van der Waals surface area contributed by atoms with E-state index in [-0.39, 0.29) is 6.54 Å². The molecule has 0 aromatic heterocycles. The number of likely N-dealkylation sites (tertiary alicyclic amines) is 1. The van der Waals surface area contributed by atoms with E-state index in [2.05, 4.69) is 0 Å². The lowest BCUT2D eigenvalue weighted by Crippen LogP contribution is -2.32. The first-order valence-corrected chi connectivity index (χ1v) is 5.36. The van der Waals surface area contributed by atoms with Crippen molar-refractivity contribution in [1.29, 1.82) is 0 Å². The molecular weight excluding hydrogens is 230 g/mol. The molecule has 1 unspecified atom stereocenters. The van der Waals surface area contributed by atoms with Crippen molar-refractivity contribution in [2.75, 3.05) is 13.1 Å². The molecule has 2 rings (SSSR count). The fourth-order valence-electron chi connectivity index (χ4n) is 2.39. The van der Waals surface area contributed by atoms with Gasteiger partial charge in [-0.05, 0) is 6.42 Å². The van der Waals surface area contributed by atoms with E-state index in [0.29, 0.717) is 13.0 Å². The van der Waals surface area contributed by atoms with E-state index >= 15 is 0 Å². The number of aliphatic hydroxyl groups is 1. The third kappa shape index (κ3) is 1.97. The largest absolute Gasteiger partial charge is 0.481 e. The molecule has 4 atom stereocenters. The molecule has 7 nitrogen and oxygen atoms in total. The number of carboxylic acids is 2. The summed E-state index contributed by atoms with van der Waals surface area (Å²) >= 11 is 0. The van der Waals surface area contributed by atoms with E-state index < -0.39 is 41.7 Å². The highest BCUT2D eigenvalue weighted by atomic mass is 16.4. The summed E-state index contributed by atoms with van der Waals surface area (Å²) in [6.45, 7) is 0.517.